The van der Waals surface area contributed by atoms with E-state index in [2.05, 4.69) is 34.3 Å². The van der Waals surface area contributed by atoms with Gasteiger partial charge in [0.15, 0.2) is 0 Å². The summed E-state index contributed by atoms with van der Waals surface area (Å²) in [5.41, 5.74) is 0. The van der Waals surface area contributed by atoms with Crippen LogP contribution in [0.3, 0.4) is 0 Å². The number of hydrogen-bond acceptors (Lipinski definition) is 11. The van der Waals surface area contributed by atoms with Crippen LogP contribution in [0.4, 0.5) is 0 Å². The Morgan fingerprint density at radius 3 is 1.86 bits per heavy atom. The second kappa shape index (κ2) is 26.5. The van der Waals surface area contributed by atoms with Gasteiger partial charge in [0.2, 0.25) is 29.5 Å². The molecule has 0 aromatic heterocycles. The van der Waals surface area contributed by atoms with E-state index >= 15 is 0 Å². The third kappa shape index (κ3) is 19.4. The molecular formula is C33H58N6O10. The van der Waals surface area contributed by atoms with Crippen molar-refractivity contribution >= 4 is 29.5 Å². The molecule has 16 heteroatoms. The van der Waals surface area contributed by atoms with Gasteiger partial charge in [0, 0.05) is 31.5 Å². The third-order valence-corrected chi connectivity index (χ3v) is 7.44. The first-order chi connectivity index (χ1) is 23.5. The Balaban J connectivity index is 2.26. The van der Waals surface area contributed by atoms with Crippen molar-refractivity contribution in [3.8, 4) is 6.07 Å². The molecule has 1 heterocycles. The lowest BCUT2D eigenvalue weighted by atomic mass is 9.97. The minimum atomic E-state index is -0.962. The number of rotatable bonds is 28. The fraction of sp³-hybridized carbons (Fsp3) is 0.818. The van der Waals surface area contributed by atoms with Crippen molar-refractivity contribution in [2.24, 2.45) is 11.8 Å². The molecule has 0 aromatic carbocycles. The van der Waals surface area contributed by atoms with E-state index in [0.717, 1.165) is 13.0 Å². The molecule has 1 aliphatic rings. The van der Waals surface area contributed by atoms with Gasteiger partial charge in [-0.1, -0.05) is 20.8 Å². The first kappa shape index (κ1) is 43.7. The highest BCUT2D eigenvalue weighted by atomic mass is 16.6. The van der Waals surface area contributed by atoms with Gasteiger partial charge in [-0.05, 0) is 39.0 Å². The Morgan fingerprint density at radius 2 is 1.39 bits per heavy atom. The average molecular weight is 699 g/mol. The Labute approximate surface area is 290 Å². The maximum absolute atomic E-state index is 13.1. The van der Waals surface area contributed by atoms with Gasteiger partial charge in [0.1, 0.15) is 12.1 Å². The van der Waals surface area contributed by atoms with E-state index in [1.165, 1.54) is 4.90 Å². The van der Waals surface area contributed by atoms with Crippen molar-refractivity contribution in [2.75, 3.05) is 85.7 Å². The predicted octanol–water partition coefficient (Wildman–Crippen LogP) is -0.102. The number of ether oxygens (including phenoxy) is 5. The number of nitrogens with one attached hydrogen (secondary N) is 4. The first-order valence-electron chi connectivity index (χ1n) is 17.2. The molecule has 0 bridgehead atoms. The van der Waals surface area contributed by atoms with Gasteiger partial charge in [-0.2, -0.15) is 5.26 Å². The SMILES string of the molecule is CCCOCCOCCOCCOCCOCCC(=O)NCC(=O)NC(C(=O)NCC(=O)N(C(C)C)C(C#N)CC1CCNC1=O)C(C)C. The fourth-order valence-electron chi connectivity index (χ4n) is 4.87. The van der Waals surface area contributed by atoms with Crippen molar-refractivity contribution in [3.05, 3.63) is 0 Å². The Kier molecular flexibility index (Phi) is 23.6. The molecule has 49 heavy (non-hydrogen) atoms. The zero-order chi connectivity index (χ0) is 36.4. The van der Waals surface area contributed by atoms with E-state index in [1.54, 1.807) is 27.7 Å². The van der Waals surface area contributed by atoms with Crippen LogP contribution in [0, 0.1) is 23.2 Å². The molecule has 1 rings (SSSR count). The maximum atomic E-state index is 13.1. The van der Waals surface area contributed by atoms with Crippen molar-refractivity contribution < 1.29 is 47.7 Å². The normalized spacial score (nSPS) is 15.4. The molecule has 0 radical (unpaired) electrons. The summed E-state index contributed by atoms with van der Waals surface area (Å²) in [6.45, 7) is 13.3. The van der Waals surface area contributed by atoms with Crippen LogP contribution in [0.5, 0.6) is 0 Å². The molecule has 5 amide bonds. The standard InChI is InChI=1S/C33H58N6O10/c1-6-10-45-12-14-47-16-18-49-19-17-48-15-13-46-11-8-28(40)36-22-29(41)38-31(24(2)3)33(44)37-23-30(42)39(25(4)5)27(21-34)20-26-7-9-35-32(26)43/h24-27,31H,6-20,22-23H2,1-5H3,(H,35,43)(H,36,40)(H,37,44)(H,38,41). The van der Waals surface area contributed by atoms with Crippen LogP contribution in [0.25, 0.3) is 0 Å². The van der Waals surface area contributed by atoms with Crippen molar-refractivity contribution in [3.63, 3.8) is 0 Å². The molecule has 1 aliphatic heterocycles. The fourth-order valence-corrected chi connectivity index (χ4v) is 4.87. The molecule has 4 N–H and O–H groups in total. The summed E-state index contributed by atoms with van der Waals surface area (Å²) in [5.74, 6) is -2.81. The topological polar surface area (TPSA) is 207 Å². The molecule has 0 aromatic rings. The smallest absolute Gasteiger partial charge is 0.243 e. The molecule has 3 unspecified atom stereocenters. The number of carbonyl (C=O) groups is 5. The van der Waals surface area contributed by atoms with Crippen LogP contribution in [0.15, 0.2) is 0 Å². The van der Waals surface area contributed by atoms with Crippen LogP contribution < -0.4 is 21.3 Å². The summed E-state index contributed by atoms with van der Waals surface area (Å²) >= 11 is 0. The summed E-state index contributed by atoms with van der Waals surface area (Å²) in [6.07, 6.45) is 1.83. The van der Waals surface area contributed by atoms with Crippen molar-refractivity contribution in [2.45, 2.75) is 78.4 Å². The third-order valence-electron chi connectivity index (χ3n) is 7.44. The highest BCUT2D eigenvalue weighted by Crippen LogP contribution is 2.20. The second-order valence-corrected chi connectivity index (χ2v) is 12.1. The number of hydrogen-bond donors (Lipinski definition) is 4. The molecule has 280 valence electrons. The van der Waals surface area contributed by atoms with Gasteiger partial charge in [-0.25, -0.2) is 0 Å². The van der Waals surface area contributed by atoms with Gasteiger partial charge >= 0.3 is 0 Å². The zero-order valence-electron chi connectivity index (χ0n) is 29.9. The monoisotopic (exact) mass is 698 g/mol. The summed E-state index contributed by atoms with van der Waals surface area (Å²) in [6, 6.07) is -0.00858. The molecule has 3 atom stereocenters. The zero-order valence-corrected chi connectivity index (χ0v) is 29.9. The van der Waals surface area contributed by atoms with Gasteiger partial charge in [0.25, 0.3) is 0 Å². The van der Waals surface area contributed by atoms with E-state index < -0.39 is 35.7 Å². The van der Waals surface area contributed by atoms with Crippen LogP contribution in [0.1, 0.15) is 60.3 Å². The molecule has 0 aliphatic carbocycles. The molecule has 0 saturated carbocycles. The largest absolute Gasteiger partial charge is 0.379 e. The highest BCUT2D eigenvalue weighted by Gasteiger charge is 2.34. The first-order valence-corrected chi connectivity index (χ1v) is 17.2. The summed E-state index contributed by atoms with van der Waals surface area (Å²) in [4.78, 5) is 64.1. The quantitative estimate of drug-likeness (QED) is 0.0794. The van der Waals surface area contributed by atoms with Crippen LogP contribution >= 0.6 is 0 Å². The number of amides is 5. The lowest BCUT2D eigenvalue weighted by Crippen LogP contribution is -2.54. The van der Waals surface area contributed by atoms with Crippen molar-refractivity contribution in [1.29, 1.82) is 5.26 Å². The minimum absolute atomic E-state index is 0.0392. The van der Waals surface area contributed by atoms with Crippen LogP contribution in [-0.4, -0.2) is 138 Å². The summed E-state index contributed by atoms with van der Waals surface area (Å²) in [5, 5.41) is 20.2. The van der Waals surface area contributed by atoms with E-state index in [4.69, 9.17) is 23.7 Å². The Bertz CT molecular complexity index is 1040. The summed E-state index contributed by atoms with van der Waals surface area (Å²) < 4.78 is 26.9. The van der Waals surface area contributed by atoms with E-state index in [-0.39, 0.29) is 56.3 Å². The van der Waals surface area contributed by atoms with E-state index in [1.807, 2.05) is 0 Å². The van der Waals surface area contributed by atoms with Gasteiger partial charge in [0.05, 0.1) is 78.6 Å². The Morgan fingerprint density at radius 1 is 0.837 bits per heavy atom. The van der Waals surface area contributed by atoms with Gasteiger partial charge in [-0.3, -0.25) is 24.0 Å². The highest BCUT2D eigenvalue weighted by molar-refractivity contribution is 5.92. The molecule has 16 nitrogen and oxygen atoms in total. The van der Waals surface area contributed by atoms with E-state index in [0.29, 0.717) is 65.8 Å². The molecular weight excluding hydrogens is 640 g/mol. The van der Waals surface area contributed by atoms with Gasteiger partial charge < -0.3 is 49.9 Å². The molecule has 0 spiro atoms. The molecule has 1 fully saturated rings. The van der Waals surface area contributed by atoms with Crippen LogP contribution in [0.2, 0.25) is 0 Å². The number of nitriles is 1. The summed E-state index contributed by atoms with van der Waals surface area (Å²) in [7, 11) is 0. The predicted molar refractivity (Wildman–Crippen MR) is 179 cm³/mol. The van der Waals surface area contributed by atoms with E-state index in [9.17, 15) is 29.2 Å². The average Bonchev–Trinajstić information content (AvgIpc) is 3.47. The number of nitrogens with zero attached hydrogens (tertiary/aromatic N) is 2. The molecule has 1 saturated heterocycles. The lowest BCUT2D eigenvalue weighted by Gasteiger charge is -2.32. The minimum Gasteiger partial charge on any atom is -0.379 e. The van der Waals surface area contributed by atoms with Gasteiger partial charge in [-0.15, -0.1) is 0 Å². The van der Waals surface area contributed by atoms with Crippen LogP contribution in [-0.2, 0) is 47.7 Å². The second-order valence-electron chi connectivity index (χ2n) is 12.1. The van der Waals surface area contributed by atoms with Crippen molar-refractivity contribution in [1.82, 2.24) is 26.2 Å². The number of carbonyl (C=O) groups excluding carboxylic acids is 5. The maximum Gasteiger partial charge on any atom is 0.243 e. The Hall–Kier alpha value is -3.36. The lowest BCUT2D eigenvalue weighted by molar-refractivity contribution is -0.137.